The molecule has 0 heterocycles. The fourth-order valence-electron chi connectivity index (χ4n) is 5.43. The molecule has 3 unspecified atom stereocenters. The molecule has 190 valence electrons. The second-order valence-electron chi connectivity index (χ2n) is 9.82. The molecule has 1 saturated carbocycles. The summed E-state index contributed by atoms with van der Waals surface area (Å²) in [5, 5.41) is 3.16. The van der Waals surface area contributed by atoms with Crippen LogP contribution in [0.15, 0.2) is 30.3 Å². The third-order valence-corrected chi connectivity index (χ3v) is 7.08. The van der Waals surface area contributed by atoms with Crippen LogP contribution in [0, 0.1) is 23.2 Å². The molecule has 0 saturated heterocycles. The summed E-state index contributed by atoms with van der Waals surface area (Å²) in [5.41, 5.74) is 18.2. The first kappa shape index (κ1) is 31.7. The minimum atomic E-state index is -0.650. The van der Waals surface area contributed by atoms with Crippen LogP contribution in [0.3, 0.4) is 0 Å². The predicted molar refractivity (Wildman–Crippen MR) is 140 cm³/mol. The fourth-order valence-corrected chi connectivity index (χ4v) is 5.43. The number of hydrogen-bond donors (Lipinski definition) is 4. The van der Waals surface area contributed by atoms with Gasteiger partial charge in [-0.3, -0.25) is 9.59 Å². The van der Waals surface area contributed by atoms with E-state index in [4.69, 9.17) is 17.2 Å². The highest BCUT2D eigenvalue weighted by Gasteiger charge is 2.50. The Morgan fingerprint density at radius 2 is 1.76 bits per heavy atom. The van der Waals surface area contributed by atoms with Crippen molar-refractivity contribution in [2.45, 2.75) is 77.8 Å². The Balaban J connectivity index is 0.00000512. The lowest BCUT2D eigenvalue weighted by atomic mass is 9.57. The summed E-state index contributed by atoms with van der Waals surface area (Å²) in [4.78, 5) is 25.9. The number of primary amides is 1. The van der Waals surface area contributed by atoms with Gasteiger partial charge in [-0.1, -0.05) is 63.9 Å². The molecule has 0 aliphatic heterocycles. The van der Waals surface area contributed by atoms with E-state index in [9.17, 15) is 9.59 Å². The average molecular weight is 504 g/mol. The largest absolute Gasteiger partial charge is 0.369 e. The molecule has 1 aromatic carbocycles. The van der Waals surface area contributed by atoms with Crippen LogP contribution in [0.5, 0.6) is 0 Å². The molecule has 2 amide bonds. The van der Waals surface area contributed by atoms with Gasteiger partial charge in [0.15, 0.2) is 0 Å². The lowest BCUT2D eigenvalue weighted by Gasteiger charge is -2.48. The zero-order valence-corrected chi connectivity index (χ0v) is 21.9. The number of rotatable bonds is 11. The summed E-state index contributed by atoms with van der Waals surface area (Å²) in [7, 11) is 0. The number of amides is 2. The zero-order chi connectivity index (χ0) is 23.0. The molecule has 1 fully saturated rings. The molecule has 0 bridgehead atoms. The van der Waals surface area contributed by atoms with Crippen molar-refractivity contribution in [2.75, 3.05) is 6.54 Å². The third-order valence-electron chi connectivity index (χ3n) is 7.08. The van der Waals surface area contributed by atoms with E-state index in [2.05, 4.69) is 26.1 Å². The summed E-state index contributed by atoms with van der Waals surface area (Å²) in [6.45, 7) is 7.12. The maximum Gasteiger partial charge on any atom is 0.237 e. The highest BCUT2D eigenvalue weighted by atomic mass is 35.5. The first-order chi connectivity index (χ1) is 14.7. The van der Waals surface area contributed by atoms with Gasteiger partial charge in [-0.05, 0) is 62.0 Å². The van der Waals surface area contributed by atoms with Gasteiger partial charge in [0, 0.05) is 0 Å². The van der Waals surface area contributed by atoms with Gasteiger partial charge in [-0.2, -0.15) is 0 Å². The SMILES string of the molecule is CC1CCC(C(C)C)C(C[C@H](NC(=O)[C@@H](N)CCCCN)c2ccccc2)(C(N)=O)C1.Cl.Cl. The Kier molecular flexibility index (Phi) is 14.2. The molecule has 6 nitrogen and oxygen atoms in total. The van der Waals surface area contributed by atoms with Gasteiger partial charge in [-0.25, -0.2) is 0 Å². The van der Waals surface area contributed by atoms with E-state index >= 15 is 0 Å². The summed E-state index contributed by atoms with van der Waals surface area (Å²) in [6, 6.07) is 8.95. The number of hydrogen-bond acceptors (Lipinski definition) is 4. The van der Waals surface area contributed by atoms with Gasteiger partial charge in [-0.15, -0.1) is 24.8 Å². The summed E-state index contributed by atoms with van der Waals surface area (Å²) in [6.07, 6.45) is 5.61. The van der Waals surface area contributed by atoms with Gasteiger partial charge >= 0.3 is 0 Å². The average Bonchev–Trinajstić information content (AvgIpc) is 2.73. The van der Waals surface area contributed by atoms with E-state index in [0.717, 1.165) is 37.7 Å². The van der Waals surface area contributed by atoms with Crippen molar-refractivity contribution in [3.63, 3.8) is 0 Å². The minimum absolute atomic E-state index is 0. The summed E-state index contributed by atoms with van der Waals surface area (Å²) >= 11 is 0. The first-order valence-electron chi connectivity index (χ1n) is 11.8. The number of nitrogens with one attached hydrogen (secondary N) is 1. The van der Waals surface area contributed by atoms with E-state index in [1.54, 1.807) is 0 Å². The predicted octanol–water partition coefficient (Wildman–Crippen LogP) is 4.10. The molecule has 7 N–H and O–H groups in total. The molecule has 1 aliphatic carbocycles. The first-order valence-corrected chi connectivity index (χ1v) is 11.8. The van der Waals surface area contributed by atoms with Crippen molar-refractivity contribution < 1.29 is 9.59 Å². The number of unbranched alkanes of at least 4 members (excludes halogenated alkanes) is 1. The maximum absolute atomic E-state index is 13.0. The number of carbonyl (C=O) groups is 2. The van der Waals surface area contributed by atoms with Crippen molar-refractivity contribution in [1.29, 1.82) is 0 Å². The number of benzene rings is 1. The van der Waals surface area contributed by atoms with Gasteiger partial charge < -0.3 is 22.5 Å². The van der Waals surface area contributed by atoms with Crippen LogP contribution in [0.1, 0.15) is 77.3 Å². The molecule has 5 atom stereocenters. The highest BCUT2D eigenvalue weighted by molar-refractivity contribution is 5.85. The lowest BCUT2D eigenvalue weighted by Crippen LogP contribution is -2.52. The highest BCUT2D eigenvalue weighted by Crippen LogP contribution is 2.51. The fraction of sp³-hybridized carbons (Fsp3) is 0.680. The van der Waals surface area contributed by atoms with Crippen LogP contribution in [0.25, 0.3) is 0 Å². The second kappa shape index (κ2) is 14.8. The molecule has 8 heteroatoms. The number of halogens is 2. The monoisotopic (exact) mass is 502 g/mol. The van der Waals surface area contributed by atoms with Gasteiger partial charge in [0.2, 0.25) is 11.8 Å². The molecule has 0 aromatic heterocycles. The van der Waals surface area contributed by atoms with Crippen molar-refractivity contribution in [3.05, 3.63) is 35.9 Å². The Morgan fingerprint density at radius 1 is 1.12 bits per heavy atom. The van der Waals surface area contributed by atoms with Crippen LogP contribution < -0.4 is 22.5 Å². The van der Waals surface area contributed by atoms with Crippen LogP contribution in [0.2, 0.25) is 0 Å². The molecule has 2 rings (SSSR count). The molecule has 1 aromatic rings. The van der Waals surface area contributed by atoms with Crippen LogP contribution in [-0.2, 0) is 9.59 Å². The van der Waals surface area contributed by atoms with Crippen molar-refractivity contribution in [2.24, 2.45) is 40.4 Å². The molecular weight excluding hydrogens is 459 g/mol. The number of nitrogens with two attached hydrogens (primary N) is 3. The van der Waals surface area contributed by atoms with Crippen molar-refractivity contribution in [3.8, 4) is 0 Å². The standard InChI is InChI=1S/C25H42N4O2.2ClH/c1-17(2)20-13-12-18(3)15-25(20,24(28)31)16-22(19-9-5-4-6-10-19)29-23(30)21(27)11-7-8-14-26;;/h4-6,9-10,17-18,20-22H,7-8,11-16,26-27H2,1-3H3,(H2,28,31)(H,29,30);2*1H/t18?,20?,21-,22-,25?;;/m0../s1. The summed E-state index contributed by atoms with van der Waals surface area (Å²) < 4.78 is 0. The normalized spacial score (nSPS) is 24.2. The molecule has 0 radical (unpaired) electrons. The van der Waals surface area contributed by atoms with E-state index in [1.807, 2.05) is 30.3 Å². The van der Waals surface area contributed by atoms with Crippen LogP contribution in [-0.4, -0.2) is 24.4 Å². The maximum atomic E-state index is 13.0. The topological polar surface area (TPSA) is 124 Å². The van der Waals surface area contributed by atoms with Gasteiger partial charge in [0.25, 0.3) is 0 Å². The molecule has 0 spiro atoms. The van der Waals surface area contributed by atoms with E-state index in [0.29, 0.717) is 31.2 Å². The Labute approximate surface area is 212 Å². The van der Waals surface area contributed by atoms with Gasteiger partial charge in [0.1, 0.15) is 0 Å². The van der Waals surface area contributed by atoms with E-state index in [1.165, 1.54) is 0 Å². The molecule has 1 aliphatic rings. The Bertz CT molecular complexity index is 720. The zero-order valence-electron chi connectivity index (χ0n) is 20.3. The quantitative estimate of drug-likeness (QED) is 0.340. The van der Waals surface area contributed by atoms with E-state index in [-0.39, 0.29) is 48.6 Å². The smallest absolute Gasteiger partial charge is 0.237 e. The van der Waals surface area contributed by atoms with E-state index < -0.39 is 11.5 Å². The van der Waals surface area contributed by atoms with Gasteiger partial charge in [0.05, 0.1) is 17.5 Å². The summed E-state index contributed by atoms with van der Waals surface area (Å²) in [5.74, 6) is 0.525. The van der Waals surface area contributed by atoms with Crippen molar-refractivity contribution >= 4 is 36.6 Å². The molecule has 33 heavy (non-hydrogen) atoms. The number of carbonyl (C=O) groups excluding carboxylic acids is 2. The minimum Gasteiger partial charge on any atom is -0.369 e. The third kappa shape index (κ3) is 8.43. The second-order valence-corrected chi connectivity index (χ2v) is 9.82. The van der Waals surface area contributed by atoms with Crippen LogP contribution in [0.4, 0.5) is 0 Å². The van der Waals surface area contributed by atoms with Crippen LogP contribution >= 0.6 is 24.8 Å². The Morgan fingerprint density at radius 3 is 2.30 bits per heavy atom. The van der Waals surface area contributed by atoms with Crippen molar-refractivity contribution in [1.82, 2.24) is 5.32 Å². The molecular formula is C25H44Cl2N4O2. The lowest BCUT2D eigenvalue weighted by molar-refractivity contribution is -0.138. The Hall–Kier alpha value is -1.34.